The summed E-state index contributed by atoms with van der Waals surface area (Å²) in [5.41, 5.74) is 4.93. The minimum absolute atomic E-state index is 0.199. The molecule has 1 saturated carbocycles. The van der Waals surface area contributed by atoms with Crippen LogP contribution in [0.15, 0.2) is 53.4 Å². The van der Waals surface area contributed by atoms with Gasteiger partial charge in [-0.1, -0.05) is 23.3 Å². The van der Waals surface area contributed by atoms with E-state index < -0.39 is 5.54 Å². The Bertz CT molecular complexity index is 2340. The van der Waals surface area contributed by atoms with E-state index in [1.54, 1.807) is 35.2 Å². The van der Waals surface area contributed by atoms with E-state index in [1.807, 2.05) is 36.5 Å². The van der Waals surface area contributed by atoms with Crippen LogP contribution in [0, 0.1) is 29.6 Å². The van der Waals surface area contributed by atoms with Crippen molar-refractivity contribution in [2.45, 2.75) is 81.8 Å². The number of carbonyl (C=O) groups is 2. The molecule has 5 fully saturated rings. The number of rotatable bonds is 11. The molecule has 1 aliphatic carbocycles. The summed E-state index contributed by atoms with van der Waals surface area (Å²) in [6.07, 6.45) is 18.7. The van der Waals surface area contributed by atoms with Gasteiger partial charge in [-0.05, 0) is 93.7 Å². The Hall–Kier alpha value is -5.90. The third-order valence-electron chi connectivity index (χ3n) is 12.5. The summed E-state index contributed by atoms with van der Waals surface area (Å²) in [4.78, 5) is 41.0. The number of aromatic nitrogens is 5. The minimum atomic E-state index is -0.397. The maximum absolute atomic E-state index is 12.3. The molecule has 2 bridgehead atoms. The normalized spacial score (nSPS) is 23.3. The van der Waals surface area contributed by atoms with Gasteiger partial charge < -0.3 is 15.1 Å². The van der Waals surface area contributed by atoms with Gasteiger partial charge in [-0.15, -0.1) is 16.6 Å². The van der Waals surface area contributed by atoms with Gasteiger partial charge >= 0.3 is 0 Å². The number of imide groups is 1. The summed E-state index contributed by atoms with van der Waals surface area (Å²) in [7, 11) is 0. The number of amides is 2. The van der Waals surface area contributed by atoms with Crippen LogP contribution in [0.3, 0.4) is 0 Å². The first-order valence-electron chi connectivity index (χ1n) is 20.2. The summed E-state index contributed by atoms with van der Waals surface area (Å²) in [5, 5.41) is 30.8. The Morgan fingerprint density at radius 3 is 2.53 bits per heavy atom. The summed E-state index contributed by atoms with van der Waals surface area (Å²) < 4.78 is 1.69. The third kappa shape index (κ3) is 7.36. The zero-order valence-corrected chi connectivity index (χ0v) is 33.4. The molecule has 2 N–H and O–H groups in total. The van der Waals surface area contributed by atoms with E-state index in [1.165, 1.54) is 12.8 Å². The highest BCUT2D eigenvalue weighted by Gasteiger charge is 2.43. The van der Waals surface area contributed by atoms with Gasteiger partial charge in [-0.2, -0.15) is 10.4 Å². The fourth-order valence-electron chi connectivity index (χ4n) is 9.06. The summed E-state index contributed by atoms with van der Waals surface area (Å²) in [6, 6.07) is 13.0. The van der Waals surface area contributed by atoms with Gasteiger partial charge in [-0.3, -0.25) is 24.8 Å². The Labute approximate surface area is 342 Å². The Morgan fingerprint density at radius 2 is 1.86 bits per heavy atom. The van der Waals surface area contributed by atoms with Gasteiger partial charge in [0.15, 0.2) is 5.01 Å². The number of fused-ring (bicyclic) bond motifs is 2. The number of nitrogens with one attached hydrogen (secondary N) is 2. The number of nitriles is 1. The van der Waals surface area contributed by atoms with Crippen LogP contribution in [0.2, 0.25) is 0 Å². The highest BCUT2D eigenvalue weighted by Crippen LogP contribution is 2.44. The first kappa shape index (κ1) is 37.7. The molecule has 8 heterocycles. The Morgan fingerprint density at radius 1 is 1.07 bits per heavy atom. The van der Waals surface area contributed by atoms with Gasteiger partial charge in [-0.25, -0.2) is 9.66 Å². The standard InChI is InChI=1S/C43H46N12O2S/c1-4-43(15-16-43)49-35-20-36(37-10-8-30(55(37)45-3)19-27(2)21-44)46-23-34(35)41-50-51-42(58-41)53-25-31-6-7-32(26-53)54(31)24-28-13-17-52(18-14-28)38-11-5-29(22-47-38)33-9-12-39(56)48-40(33)57/h1,5,8,10-11,19-20,22-23,28,31-33H,3,6-7,9,12-18,24-26H2,2H3,(H,46,49)(H,48,56,57)/b27-19+/t31?,32?,33-/m1/s1. The number of carbonyl (C=O) groups excluding carboxylic acids is 2. The van der Waals surface area contributed by atoms with Crippen molar-refractivity contribution in [1.82, 2.24) is 35.1 Å². The second-order valence-electron chi connectivity index (χ2n) is 16.3. The number of piperazine rings is 1. The van der Waals surface area contributed by atoms with Gasteiger partial charge in [0.05, 0.1) is 40.2 Å². The van der Waals surface area contributed by atoms with Crippen LogP contribution in [0.25, 0.3) is 28.0 Å². The molecule has 0 spiro atoms. The zero-order valence-electron chi connectivity index (χ0n) is 32.6. The fraction of sp³-hybridized carbons (Fsp3) is 0.442. The first-order chi connectivity index (χ1) is 28.2. The monoisotopic (exact) mass is 794 g/mol. The molecule has 9 rings (SSSR count). The van der Waals surface area contributed by atoms with E-state index in [-0.39, 0.29) is 17.7 Å². The van der Waals surface area contributed by atoms with Crippen LogP contribution in [-0.4, -0.2) is 98.6 Å². The average molecular weight is 795 g/mol. The topological polar surface area (TPSA) is 161 Å². The first-order valence-corrected chi connectivity index (χ1v) is 21.0. The molecule has 2 amide bonds. The van der Waals surface area contributed by atoms with Crippen molar-refractivity contribution in [3.63, 3.8) is 0 Å². The van der Waals surface area contributed by atoms with Crippen LogP contribution < -0.4 is 20.4 Å². The Balaban J connectivity index is 0.846. The van der Waals surface area contributed by atoms with Crippen LogP contribution >= 0.6 is 11.3 Å². The van der Waals surface area contributed by atoms with Gasteiger partial charge in [0, 0.05) is 81.6 Å². The second-order valence-corrected chi connectivity index (χ2v) is 17.2. The minimum Gasteiger partial charge on any atom is -0.368 e. The van der Waals surface area contributed by atoms with Crippen LogP contribution in [0.1, 0.15) is 75.5 Å². The Kier molecular flexibility index (Phi) is 10.0. The van der Waals surface area contributed by atoms with Crippen molar-refractivity contribution in [2.75, 3.05) is 47.8 Å². The predicted molar refractivity (Wildman–Crippen MR) is 225 cm³/mol. The molecule has 5 aliphatic rings. The highest BCUT2D eigenvalue weighted by atomic mass is 32.1. The molecule has 0 radical (unpaired) electrons. The maximum Gasteiger partial charge on any atom is 0.234 e. The SMILES string of the molecule is C#CC1(Nc2cc(-c3ccc(/C=C(\C)C#N)n3N=C)ncc2-c2nnc(N3CC4CCC(C3)N4CC3CCN(c4ccc([C@H]5CCC(=O)NC5=O)cn4)CC3)s2)CC1. The summed E-state index contributed by atoms with van der Waals surface area (Å²) >= 11 is 1.60. The molecule has 4 aliphatic heterocycles. The smallest absolute Gasteiger partial charge is 0.234 e. The lowest BCUT2D eigenvalue weighted by Crippen LogP contribution is -2.55. The van der Waals surface area contributed by atoms with Crippen molar-refractivity contribution in [1.29, 1.82) is 5.26 Å². The molecule has 0 aromatic carbocycles. The number of piperidine rings is 2. The molecule has 2 unspecified atom stereocenters. The second kappa shape index (κ2) is 15.5. The van der Waals surface area contributed by atoms with E-state index in [0.717, 1.165) is 103 Å². The average Bonchev–Trinajstić information content (AvgIpc) is 3.51. The van der Waals surface area contributed by atoms with Crippen molar-refractivity contribution in [3.05, 3.63) is 59.6 Å². The van der Waals surface area contributed by atoms with E-state index in [2.05, 4.69) is 49.1 Å². The highest BCUT2D eigenvalue weighted by molar-refractivity contribution is 7.18. The maximum atomic E-state index is 12.3. The number of anilines is 3. The summed E-state index contributed by atoms with van der Waals surface area (Å²) in [5.74, 6) is 3.80. The van der Waals surface area contributed by atoms with Gasteiger partial charge in [0.1, 0.15) is 5.82 Å². The third-order valence-corrected chi connectivity index (χ3v) is 13.5. The van der Waals surface area contributed by atoms with Crippen molar-refractivity contribution >= 4 is 52.6 Å². The zero-order chi connectivity index (χ0) is 40.0. The largest absolute Gasteiger partial charge is 0.368 e. The predicted octanol–water partition coefficient (Wildman–Crippen LogP) is 5.52. The van der Waals surface area contributed by atoms with Crippen molar-refractivity contribution in [3.8, 4) is 40.4 Å². The molecule has 4 aromatic rings. The molecule has 14 nitrogen and oxygen atoms in total. The number of hydrogen-bond acceptors (Lipinski definition) is 13. The van der Waals surface area contributed by atoms with Crippen molar-refractivity contribution in [2.24, 2.45) is 11.0 Å². The molecule has 296 valence electrons. The quantitative estimate of drug-likeness (QED) is 0.0852. The van der Waals surface area contributed by atoms with E-state index in [0.29, 0.717) is 42.1 Å². The summed E-state index contributed by atoms with van der Waals surface area (Å²) in [6.45, 7) is 10.4. The van der Waals surface area contributed by atoms with Crippen molar-refractivity contribution < 1.29 is 9.59 Å². The van der Waals surface area contributed by atoms with E-state index in [9.17, 15) is 14.9 Å². The van der Waals surface area contributed by atoms with Crippen LogP contribution in [0.4, 0.5) is 16.6 Å². The van der Waals surface area contributed by atoms with Crippen LogP contribution in [-0.2, 0) is 9.59 Å². The molecule has 4 aromatic heterocycles. The molecule has 4 saturated heterocycles. The van der Waals surface area contributed by atoms with Crippen LogP contribution in [0.5, 0.6) is 0 Å². The van der Waals surface area contributed by atoms with Gasteiger partial charge in [0.2, 0.25) is 16.9 Å². The molecule has 15 heteroatoms. The number of nitrogens with zero attached hydrogens (tertiary/aromatic N) is 10. The lowest BCUT2D eigenvalue weighted by molar-refractivity contribution is -0.134. The number of allylic oxidation sites excluding steroid dienone is 1. The van der Waals surface area contributed by atoms with E-state index >= 15 is 0 Å². The molecular formula is C43H46N12O2S. The lowest BCUT2D eigenvalue weighted by Gasteiger charge is -2.43. The molecule has 3 atom stereocenters. The lowest BCUT2D eigenvalue weighted by atomic mass is 9.91. The van der Waals surface area contributed by atoms with Gasteiger partial charge in [0.25, 0.3) is 0 Å². The fourth-order valence-corrected chi connectivity index (χ4v) is 9.95. The number of pyridine rings is 2. The molecule has 58 heavy (non-hydrogen) atoms. The van der Waals surface area contributed by atoms with E-state index in [4.69, 9.17) is 26.6 Å². The number of terminal acetylenes is 1. The number of hydrogen-bond donors (Lipinski definition) is 2. The molecular weight excluding hydrogens is 749 g/mol.